The molecule has 6 heteroatoms. The van der Waals surface area contributed by atoms with Gasteiger partial charge in [-0.15, -0.1) is 0 Å². The van der Waals surface area contributed by atoms with Gasteiger partial charge in [0.1, 0.15) is 11.5 Å². The molecule has 6 nitrogen and oxygen atoms in total. The van der Waals surface area contributed by atoms with Crippen LogP contribution in [-0.2, 0) is 6.54 Å². The zero-order chi connectivity index (χ0) is 16.4. The van der Waals surface area contributed by atoms with Crippen molar-refractivity contribution in [2.45, 2.75) is 13.5 Å². The minimum absolute atomic E-state index is 0.635. The van der Waals surface area contributed by atoms with Gasteiger partial charge in [0.05, 0.1) is 14.2 Å². The molecule has 0 saturated heterocycles. The summed E-state index contributed by atoms with van der Waals surface area (Å²) < 4.78 is 10.6. The van der Waals surface area contributed by atoms with Crippen LogP contribution in [-0.4, -0.2) is 58.8 Å². The number of aliphatic imine (C=N–C) groups is 1. The van der Waals surface area contributed by atoms with E-state index < -0.39 is 0 Å². The van der Waals surface area contributed by atoms with Gasteiger partial charge in [0, 0.05) is 38.3 Å². The number of rotatable bonds is 8. The molecule has 2 N–H and O–H groups in total. The van der Waals surface area contributed by atoms with E-state index in [0.29, 0.717) is 6.54 Å². The summed E-state index contributed by atoms with van der Waals surface area (Å²) in [4.78, 5) is 6.47. The van der Waals surface area contributed by atoms with Gasteiger partial charge in [-0.05, 0) is 25.7 Å². The molecule has 1 rings (SSSR count). The SMILES string of the molecule is CCN(C)CCNC(=NC)NCc1ccc(OC)cc1OC. The van der Waals surface area contributed by atoms with E-state index in [4.69, 9.17) is 9.47 Å². The maximum atomic E-state index is 5.39. The lowest BCUT2D eigenvalue weighted by Crippen LogP contribution is -2.40. The largest absolute Gasteiger partial charge is 0.497 e. The highest BCUT2D eigenvalue weighted by Gasteiger charge is 2.06. The number of nitrogens with zero attached hydrogens (tertiary/aromatic N) is 2. The van der Waals surface area contributed by atoms with Gasteiger partial charge >= 0.3 is 0 Å². The van der Waals surface area contributed by atoms with Gasteiger partial charge in [-0.25, -0.2) is 0 Å². The second-order valence-electron chi connectivity index (χ2n) is 4.93. The summed E-state index contributed by atoms with van der Waals surface area (Å²) >= 11 is 0. The Morgan fingerprint density at radius 1 is 1.23 bits per heavy atom. The van der Waals surface area contributed by atoms with Crippen molar-refractivity contribution in [3.63, 3.8) is 0 Å². The molecule has 0 aliphatic heterocycles. The zero-order valence-corrected chi connectivity index (χ0v) is 14.3. The summed E-state index contributed by atoms with van der Waals surface area (Å²) in [6.07, 6.45) is 0. The van der Waals surface area contributed by atoms with Crippen LogP contribution in [0.4, 0.5) is 0 Å². The standard InChI is InChI=1S/C16H28N4O2/c1-6-20(3)10-9-18-16(17-2)19-12-13-7-8-14(21-4)11-15(13)22-5/h7-8,11H,6,9-10,12H2,1-5H3,(H2,17,18,19). The van der Waals surface area contributed by atoms with E-state index in [2.05, 4.69) is 34.5 Å². The summed E-state index contributed by atoms with van der Waals surface area (Å²) in [6.45, 7) is 5.64. The van der Waals surface area contributed by atoms with E-state index in [1.807, 2.05) is 18.2 Å². The van der Waals surface area contributed by atoms with E-state index in [-0.39, 0.29) is 0 Å². The predicted octanol–water partition coefficient (Wildman–Crippen LogP) is 1.32. The highest BCUT2D eigenvalue weighted by molar-refractivity contribution is 5.79. The van der Waals surface area contributed by atoms with Crippen LogP contribution < -0.4 is 20.1 Å². The van der Waals surface area contributed by atoms with Crippen LogP contribution in [0.25, 0.3) is 0 Å². The van der Waals surface area contributed by atoms with Crippen LogP contribution in [0.1, 0.15) is 12.5 Å². The van der Waals surface area contributed by atoms with Gasteiger partial charge in [0.15, 0.2) is 5.96 Å². The molecule has 0 aliphatic carbocycles. The molecule has 124 valence electrons. The molecular formula is C16H28N4O2. The Kier molecular flexibility index (Phi) is 8.14. The Morgan fingerprint density at radius 2 is 2.00 bits per heavy atom. The third-order valence-electron chi connectivity index (χ3n) is 3.49. The molecule has 0 unspecified atom stereocenters. The van der Waals surface area contributed by atoms with Gasteiger partial charge in [-0.3, -0.25) is 4.99 Å². The Hall–Kier alpha value is -1.95. The maximum Gasteiger partial charge on any atom is 0.191 e. The monoisotopic (exact) mass is 308 g/mol. The third-order valence-corrected chi connectivity index (χ3v) is 3.49. The number of methoxy groups -OCH3 is 2. The Bertz CT molecular complexity index is 477. The van der Waals surface area contributed by atoms with Crippen molar-refractivity contribution in [2.75, 3.05) is 47.9 Å². The van der Waals surface area contributed by atoms with Crippen molar-refractivity contribution >= 4 is 5.96 Å². The van der Waals surface area contributed by atoms with Gasteiger partial charge in [0.25, 0.3) is 0 Å². The quantitative estimate of drug-likeness (QED) is 0.560. The lowest BCUT2D eigenvalue weighted by Gasteiger charge is -2.17. The second kappa shape index (κ2) is 9.89. The van der Waals surface area contributed by atoms with E-state index in [1.54, 1.807) is 21.3 Å². The Morgan fingerprint density at radius 3 is 2.59 bits per heavy atom. The highest BCUT2D eigenvalue weighted by Crippen LogP contribution is 2.24. The smallest absolute Gasteiger partial charge is 0.191 e. The number of hydrogen-bond donors (Lipinski definition) is 2. The summed E-state index contributed by atoms with van der Waals surface area (Å²) in [5.74, 6) is 2.36. The lowest BCUT2D eigenvalue weighted by molar-refractivity contribution is 0.357. The Balaban J connectivity index is 2.53. The molecular weight excluding hydrogens is 280 g/mol. The first-order valence-corrected chi connectivity index (χ1v) is 7.48. The molecule has 0 bridgehead atoms. The van der Waals surface area contributed by atoms with Crippen LogP contribution >= 0.6 is 0 Å². The molecule has 0 saturated carbocycles. The average molecular weight is 308 g/mol. The van der Waals surface area contributed by atoms with Gasteiger partial charge in [-0.1, -0.05) is 6.92 Å². The number of nitrogens with one attached hydrogen (secondary N) is 2. The fourth-order valence-corrected chi connectivity index (χ4v) is 1.92. The van der Waals surface area contributed by atoms with Gasteiger partial charge in [-0.2, -0.15) is 0 Å². The highest BCUT2D eigenvalue weighted by atomic mass is 16.5. The number of hydrogen-bond acceptors (Lipinski definition) is 4. The molecule has 0 fully saturated rings. The van der Waals surface area contributed by atoms with Crippen LogP contribution in [0.2, 0.25) is 0 Å². The molecule has 1 aromatic carbocycles. The number of guanidine groups is 1. The Labute approximate surface area is 133 Å². The zero-order valence-electron chi connectivity index (χ0n) is 14.3. The van der Waals surface area contributed by atoms with Crippen LogP contribution in [0, 0.1) is 0 Å². The minimum atomic E-state index is 0.635. The molecule has 0 heterocycles. The van der Waals surface area contributed by atoms with Crippen molar-refractivity contribution in [2.24, 2.45) is 4.99 Å². The van der Waals surface area contributed by atoms with Crippen molar-refractivity contribution < 1.29 is 9.47 Å². The van der Waals surface area contributed by atoms with Gasteiger partial charge < -0.3 is 25.0 Å². The van der Waals surface area contributed by atoms with Crippen molar-refractivity contribution in [3.8, 4) is 11.5 Å². The minimum Gasteiger partial charge on any atom is -0.497 e. The lowest BCUT2D eigenvalue weighted by atomic mass is 10.2. The molecule has 0 radical (unpaired) electrons. The molecule has 0 aromatic heterocycles. The predicted molar refractivity (Wildman–Crippen MR) is 90.9 cm³/mol. The summed E-state index contributed by atoms with van der Waals surface area (Å²) in [5.41, 5.74) is 1.05. The molecule has 0 aliphatic rings. The second-order valence-corrected chi connectivity index (χ2v) is 4.93. The molecule has 22 heavy (non-hydrogen) atoms. The number of benzene rings is 1. The fourth-order valence-electron chi connectivity index (χ4n) is 1.92. The summed E-state index contributed by atoms with van der Waals surface area (Å²) in [5, 5.41) is 6.59. The van der Waals surface area contributed by atoms with Crippen molar-refractivity contribution in [1.29, 1.82) is 0 Å². The number of ether oxygens (including phenoxy) is 2. The fraction of sp³-hybridized carbons (Fsp3) is 0.562. The average Bonchev–Trinajstić information content (AvgIpc) is 2.57. The van der Waals surface area contributed by atoms with E-state index >= 15 is 0 Å². The number of likely N-dealkylation sites (N-methyl/N-ethyl adjacent to an activating group) is 1. The van der Waals surface area contributed by atoms with E-state index in [1.165, 1.54) is 0 Å². The maximum absolute atomic E-state index is 5.39. The molecule has 0 atom stereocenters. The first-order valence-electron chi connectivity index (χ1n) is 7.48. The van der Waals surface area contributed by atoms with Gasteiger partial charge in [0.2, 0.25) is 0 Å². The van der Waals surface area contributed by atoms with Crippen molar-refractivity contribution in [3.05, 3.63) is 23.8 Å². The molecule has 1 aromatic rings. The third kappa shape index (κ3) is 5.81. The van der Waals surface area contributed by atoms with Crippen LogP contribution in [0.3, 0.4) is 0 Å². The summed E-state index contributed by atoms with van der Waals surface area (Å²) in [7, 11) is 7.17. The summed E-state index contributed by atoms with van der Waals surface area (Å²) in [6, 6.07) is 5.79. The van der Waals surface area contributed by atoms with Crippen LogP contribution in [0.5, 0.6) is 11.5 Å². The van der Waals surface area contributed by atoms with Crippen LogP contribution in [0.15, 0.2) is 23.2 Å². The van der Waals surface area contributed by atoms with E-state index in [9.17, 15) is 0 Å². The topological polar surface area (TPSA) is 58.1 Å². The first kappa shape index (κ1) is 18.1. The molecule has 0 spiro atoms. The molecule has 0 amide bonds. The normalized spacial score (nSPS) is 11.5. The van der Waals surface area contributed by atoms with Crippen molar-refractivity contribution in [1.82, 2.24) is 15.5 Å². The van der Waals surface area contributed by atoms with E-state index in [0.717, 1.165) is 42.7 Å². The first-order chi connectivity index (χ1) is 10.6.